The van der Waals surface area contributed by atoms with E-state index < -0.39 is 0 Å². The zero-order valence-electron chi connectivity index (χ0n) is 6.34. The van der Waals surface area contributed by atoms with Gasteiger partial charge >= 0.3 is 0 Å². The zero-order chi connectivity index (χ0) is 7.70. The summed E-state index contributed by atoms with van der Waals surface area (Å²) in [5.41, 5.74) is 0.942. The van der Waals surface area contributed by atoms with Crippen molar-refractivity contribution in [1.29, 1.82) is 0 Å². The number of carbonyl (C=O) groups excluding carboxylic acids is 1. The van der Waals surface area contributed by atoms with E-state index in [4.69, 9.17) is 4.79 Å². The summed E-state index contributed by atoms with van der Waals surface area (Å²) in [6.45, 7) is 5.20. The standard InChI is InChI=1S/C4H9NO.C2H4O/c1-4(2)5-6-3;1-2-3/h1-3H3;2H,1H3. The van der Waals surface area contributed by atoms with Gasteiger partial charge in [-0.15, -0.1) is 0 Å². The Bertz CT molecular complexity index is 85.1. The van der Waals surface area contributed by atoms with Crippen molar-refractivity contribution in [2.45, 2.75) is 20.8 Å². The van der Waals surface area contributed by atoms with Gasteiger partial charge in [0.2, 0.25) is 0 Å². The number of oxime groups is 1. The van der Waals surface area contributed by atoms with Crippen molar-refractivity contribution in [3.63, 3.8) is 0 Å². The van der Waals surface area contributed by atoms with Crippen molar-refractivity contribution in [2.24, 2.45) is 5.16 Å². The van der Waals surface area contributed by atoms with Gasteiger partial charge in [-0.3, -0.25) is 0 Å². The minimum atomic E-state index is 0.750. The van der Waals surface area contributed by atoms with Gasteiger partial charge in [0.25, 0.3) is 0 Å². The molecule has 0 spiro atoms. The zero-order valence-corrected chi connectivity index (χ0v) is 6.34. The van der Waals surface area contributed by atoms with Crippen molar-refractivity contribution in [3.05, 3.63) is 0 Å². The highest BCUT2D eigenvalue weighted by atomic mass is 16.6. The third kappa shape index (κ3) is 41.2. The lowest BCUT2D eigenvalue weighted by atomic mass is 10.5. The lowest BCUT2D eigenvalue weighted by Gasteiger charge is -1.83. The van der Waals surface area contributed by atoms with E-state index in [1.165, 1.54) is 14.0 Å². The van der Waals surface area contributed by atoms with Gasteiger partial charge in [-0.1, -0.05) is 5.16 Å². The molecule has 0 amide bonds. The van der Waals surface area contributed by atoms with Crippen LogP contribution in [0.5, 0.6) is 0 Å². The Hall–Kier alpha value is -0.860. The molecule has 3 heteroatoms. The molecule has 0 saturated carbocycles. The van der Waals surface area contributed by atoms with E-state index in [1.54, 1.807) is 0 Å². The first-order chi connectivity index (χ1) is 4.18. The number of hydrogen-bond acceptors (Lipinski definition) is 3. The lowest BCUT2D eigenvalue weighted by molar-refractivity contribution is -0.106. The van der Waals surface area contributed by atoms with E-state index in [1.807, 2.05) is 13.8 Å². The van der Waals surface area contributed by atoms with Crippen LogP contribution in [0.25, 0.3) is 0 Å². The van der Waals surface area contributed by atoms with Crippen LogP contribution in [0.3, 0.4) is 0 Å². The van der Waals surface area contributed by atoms with Crippen molar-refractivity contribution < 1.29 is 9.63 Å². The number of hydrogen-bond donors (Lipinski definition) is 0. The van der Waals surface area contributed by atoms with Crippen LogP contribution in [0, 0.1) is 0 Å². The lowest BCUT2D eigenvalue weighted by Crippen LogP contribution is -1.79. The van der Waals surface area contributed by atoms with E-state index >= 15 is 0 Å². The third-order valence-corrected chi connectivity index (χ3v) is 0.274. The van der Waals surface area contributed by atoms with Crippen LogP contribution < -0.4 is 0 Å². The molecule has 0 N–H and O–H groups in total. The van der Waals surface area contributed by atoms with Crippen LogP contribution in [0.2, 0.25) is 0 Å². The molecule has 3 nitrogen and oxygen atoms in total. The summed E-state index contributed by atoms with van der Waals surface area (Å²) < 4.78 is 0. The number of rotatable bonds is 1. The summed E-state index contributed by atoms with van der Waals surface area (Å²) in [6.07, 6.45) is 0.750. The maximum atomic E-state index is 8.81. The number of aldehydes is 1. The van der Waals surface area contributed by atoms with Crippen LogP contribution in [-0.2, 0) is 9.63 Å². The molecule has 0 bridgehead atoms. The Morgan fingerprint density at radius 3 is 1.89 bits per heavy atom. The molecular formula is C6H13NO2. The Morgan fingerprint density at radius 1 is 1.56 bits per heavy atom. The summed E-state index contributed by atoms with van der Waals surface area (Å²) in [5, 5.41) is 3.54. The fourth-order valence-electron chi connectivity index (χ4n) is 0.183. The highest BCUT2D eigenvalue weighted by Gasteiger charge is 1.69. The Kier molecular flexibility index (Phi) is 12.5. The molecule has 0 aliphatic carbocycles. The Balaban J connectivity index is 0. The van der Waals surface area contributed by atoms with Crippen molar-refractivity contribution >= 4 is 12.0 Å². The van der Waals surface area contributed by atoms with E-state index in [2.05, 4.69) is 9.99 Å². The third-order valence-electron chi connectivity index (χ3n) is 0.274. The van der Waals surface area contributed by atoms with Gasteiger partial charge in [0, 0.05) is 0 Å². The number of carbonyl (C=O) groups is 1. The smallest absolute Gasteiger partial charge is 0.116 e. The van der Waals surface area contributed by atoms with Gasteiger partial charge in [-0.05, 0) is 20.8 Å². The highest BCUT2D eigenvalue weighted by molar-refractivity contribution is 5.78. The summed E-state index contributed by atoms with van der Waals surface area (Å²) in [6, 6.07) is 0. The second-order valence-corrected chi connectivity index (χ2v) is 1.46. The molecule has 0 aliphatic rings. The molecule has 0 aromatic heterocycles. The minimum absolute atomic E-state index is 0.750. The van der Waals surface area contributed by atoms with Gasteiger partial charge in [-0.25, -0.2) is 0 Å². The first kappa shape index (κ1) is 11.0. The molecule has 54 valence electrons. The predicted molar refractivity (Wildman–Crippen MR) is 37.5 cm³/mol. The van der Waals surface area contributed by atoms with Crippen LogP contribution in [0.4, 0.5) is 0 Å². The first-order valence-electron chi connectivity index (χ1n) is 2.63. The maximum Gasteiger partial charge on any atom is 0.116 e. The molecule has 0 saturated heterocycles. The summed E-state index contributed by atoms with van der Waals surface area (Å²) in [7, 11) is 1.53. The van der Waals surface area contributed by atoms with E-state index in [0.717, 1.165) is 12.0 Å². The molecule has 9 heavy (non-hydrogen) atoms. The molecule has 0 rings (SSSR count). The monoisotopic (exact) mass is 131 g/mol. The Labute approximate surface area is 55.7 Å². The van der Waals surface area contributed by atoms with Gasteiger partial charge in [0.15, 0.2) is 0 Å². The largest absolute Gasteiger partial charge is 0.399 e. The summed E-state index contributed by atoms with van der Waals surface area (Å²) in [4.78, 5) is 13.2. The second kappa shape index (κ2) is 10.2. The van der Waals surface area contributed by atoms with Gasteiger partial charge in [0.05, 0.1) is 5.71 Å². The van der Waals surface area contributed by atoms with Crippen molar-refractivity contribution in [1.82, 2.24) is 0 Å². The van der Waals surface area contributed by atoms with Gasteiger partial charge < -0.3 is 9.63 Å². The average molecular weight is 131 g/mol. The fourth-order valence-corrected chi connectivity index (χ4v) is 0.183. The summed E-state index contributed by atoms with van der Waals surface area (Å²) in [5.74, 6) is 0. The summed E-state index contributed by atoms with van der Waals surface area (Å²) >= 11 is 0. The molecule has 0 atom stereocenters. The van der Waals surface area contributed by atoms with Crippen LogP contribution in [0.15, 0.2) is 5.16 Å². The SMILES string of the molecule is CC=O.CON=C(C)C. The van der Waals surface area contributed by atoms with Gasteiger partial charge in [0.1, 0.15) is 13.4 Å². The predicted octanol–water partition coefficient (Wildman–Crippen LogP) is 1.23. The van der Waals surface area contributed by atoms with Crippen LogP contribution >= 0.6 is 0 Å². The molecule has 0 aliphatic heterocycles. The van der Waals surface area contributed by atoms with Gasteiger partial charge in [-0.2, -0.15) is 0 Å². The number of nitrogens with zero attached hydrogens (tertiary/aromatic N) is 1. The second-order valence-electron chi connectivity index (χ2n) is 1.46. The average Bonchev–Trinajstić information content (AvgIpc) is 1.67. The molecule has 0 aromatic rings. The highest BCUT2D eigenvalue weighted by Crippen LogP contribution is 1.71. The first-order valence-corrected chi connectivity index (χ1v) is 2.63. The molecule has 0 heterocycles. The normalized spacial score (nSPS) is 6.22. The van der Waals surface area contributed by atoms with Crippen LogP contribution in [-0.4, -0.2) is 19.1 Å². The quantitative estimate of drug-likeness (QED) is 0.305. The molecule has 0 aromatic carbocycles. The molecular weight excluding hydrogens is 118 g/mol. The van der Waals surface area contributed by atoms with Crippen LogP contribution in [0.1, 0.15) is 20.8 Å². The molecule has 0 fully saturated rings. The fraction of sp³-hybridized carbons (Fsp3) is 0.667. The molecule has 0 unspecified atom stereocenters. The van der Waals surface area contributed by atoms with Crippen molar-refractivity contribution in [2.75, 3.05) is 7.11 Å². The minimum Gasteiger partial charge on any atom is -0.399 e. The molecule has 0 radical (unpaired) electrons. The maximum absolute atomic E-state index is 8.81. The Morgan fingerprint density at radius 2 is 1.89 bits per heavy atom. The topological polar surface area (TPSA) is 38.7 Å². The van der Waals surface area contributed by atoms with Crippen molar-refractivity contribution in [3.8, 4) is 0 Å². The van der Waals surface area contributed by atoms with E-state index in [0.29, 0.717) is 0 Å². The van der Waals surface area contributed by atoms with E-state index in [-0.39, 0.29) is 0 Å². The van der Waals surface area contributed by atoms with E-state index in [9.17, 15) is 0 Å².